The molecule has 0 saturated heterocycles. The molecule has 2 aromatic rings. The minimum Gasteiger partial charge on any atom is -0.478 e. The van der Waals surface area contributed by atoms with Gasteiger partial charge in [-0.1, -0.05) is 0 Å². The van der Waals surface area contributed by atoms with Crippen molar-refractivity contribution in [3.05, 3.63) is 34.4 Å². The molecule has 0 unspecified atom stereocenters. The van der Waals surface area contributed by atoms with Crippen LogP contribution in [0.15, 0.2) is 23.7 Å². The predicted molar refractivity (Wildman–Crippen MR) is 78.2 cm³/mol. The van der Waals surface area contributed by atoms with Crippen molar-refractivity contribution in [3.63, 3.8) is 0 Å². The maximum Gasteiger partial charge on any atom is 0.275 e. The SMILES string of the molecule is CCOc1ccc(NC(=O)c2csc(CCN)n2)cn1. The van der Waals surface area contributed by atoms with Crippen LogP contribution in [-0.2, 0) is 6.42 Å². The van der Waals surface area contributed by atoms with Crippen LogP contribution in [-0.4, -0.2) is 29.0 Å². The second-order valence-electron chi connectivity index (χ2n) is 3.94. The van der Waals surface area contributed by atoms with Gasteiger partial charge in [-0.2, -0.15) is 0 Å². The number of amides is 1. The number of ether oxygens (including phenoxy) is 1. The molecule has 0 aliphatic rings. The molecule has 0 aliphatic carbocycles. The van der Waals surface area contributed by atoms with Crippen LogP contribution in [0.4, 0.5) is 5.69 Å². The van der Waals surface area contributed by atoms with E-state index in [2.05, 4.69) is 15.3 Å². The summed E-state index contributed by atoms with van der Waals surface area (Å²) >= 11 is 1.43. The van der Waals surface area contributed by atoms with E-state index in [1.54, 1.807) is 23.7 Å². The standard InChI is InChI=1S/C13H16N4O2S/c1-2-19-11-4-3-9(7-15-11)16-13(18)10-8-20-12(17-10)5-6-14/h3-4,7-8H,2,5-6,14H2,1H3,(H,16,18). The highest BCUT2D eigenvalue weighted by atomic mass is 32.1. The van der Waals surface area contributed by atoms with Gasteiger partial charge in [0.15, 0.2) is 0 Å². The highest BCUT2D eigenvalue weighted by Gasteiger charge is 2.11. The molecule has 2 rings (SSSR count). The molecule has 2 aromatic heterocycles. The Morgan fingerprint density at radius 2 is 2.35 bits per heavy atom. The number of hydrogen-bond donors (Lipinski definition) is 2. The van der Waals surface area contributed by atoms with E-state index in [1.165, 1.54) is 11.3 Å². The lowest BCUT2D eigenvalue weighted by molar-refractivity contribution is 0.102. The molecule has 0 fully saturated rings. The van der Waals surface area contributed by atoms with Crippen LogP contribution < -0.4 is 15.8 Å². The Morgan fingerprint density at radius 3 is 3.00 bits per heavy atom. The molecule has 0 aliphatic heterocycles. The smallest absolute Gasteiger partial charge is 0.275 e. The molecule has 2 heterocycles. The summed E-state index contributed by atoms with van der Waals surface area (Å²) in [6.45, 7) is 2.97. The number of nitrogens with two attached hydrogens (primary N) is 1. The van der Waals surface area contributed by atoms with Crippen LogP contribution in [0.1, 0.15) is 22.4 Å². The van der Waals surface area contributed by atoms with Gasteiger partial charge in [-0.3, -0.25) is 4.79 Å². The molecule has 0 saturated carbocycles. The van der Waals surface area contributed by atoms with Gasteiger partial charge in [0.2, 0.25) is 5.88 Å². The van der Waals surface area contributed by atoms with E-state index >= 15 is 0 Å². The number of carbonyl (C=O) groups is 1. The van der Waals surface area contributed by atoms with Crippen LogP contribution in [0, 0.1) is 0 Å². The zero-order valence-electron chi connectivity index (χ0n) is 11.1. The topological polar surface area (TPSA) is 90.1 Å². The van der Waals surface area contributed by atoms with E-state index in [0.29, 0.717) is 36.8 Å². The number of nitrogens with one attached hydrogen (secondary N) is 1. The number of hydrogen-bond acceptors (Lipinski definition) is 6. The Morgan fingerprint density at radius 1 is 1.50 bits per heavy atom. The zero-order chi connectivity index (χ0) is 14.4. The molecular formula is C13H16N4O2S. The second kappa shape index (κ2) is 6.97. The van der Waals surface area contributed by atoms with Crippen molar-refractivity contribution in [1.29, 1.82) is 0 Å². The molecule has 0 atom stereocenters. The van der Waals surface area contributed by atoms with E-state index in [1.807, 2.05) is 6.92 Å². The number of nitrogens with zero attached hydrogens (tertiary/aromatic N) is 2. The summed E-state index contributed by atoms with van der Waals surface area (Å²) in [7, 11) is 0. The van der Waals surface area contributed by atoms with Crippen molar-refractivity contribution < 1.29 is 9.53 Å². The van der Waals surface area contributed by atoms with Gasteiger partial charge in [-0.15, -0.1) is 11.3 Å². The number of aromatic nitrogens is 2. The summed E-state index contributed by atoms with van der Waals surface area (Å²) in [6.07, 6.45) is 2.23. The molecule has 20 heavy (non-hydrogen) atoms. The van der Waals surface area contributed by atoms with Gasteiger partial charge in [0.05, 0.1) is 23.5 Å². The van der Waals surface area contributed by atoms with Crippen LogP contribution in [0.2, 0.25) is 0 Å². The van der Waals surface area contributed by atoms with Crippen LogP contribution in [0.25, 0.3) is 0 Å². The fourth-order valence-corrected chi connectivity index (χ4v) is 2.33. The molecule has 0 radical (unpaired) electrons. The Labute approximate surface area is 121 Å². The molecule has 3 N–H and O–H groups in total. The Kier molecular flexibility index (Phi) is 5.03. The maximum atomic E-state index is 12.0. The summed E-state index contributed by atoms with van der Waals surface area (Å²) in [5, 5.41) is 5.33. The average Bonchev–Trinajstić information content (AvgIpc) is 2.90. The molecule has 7 heteroatoms. The monoisotopic (exact) mass is 292 g/mol. The Hall–Kier alpha value is -1.99. The van der Waals surface area contributed by atoms with E-state index < -0.39 is 0 Å². The average molecular weight is 292 g/mol. The summed E-state index contributed by atoms with van der Waals surface area (Å²) in [5.74, 6) is 0.278. The third-order valence-corrected chi connectivity index (χ3v) is 3.34. The van der Waals surface area contributed by atoms with Crippen LogP contribution >= 0.6 is 11.3 Å². The fraction of sp³-hybridized carbons (Fsp3) is 0.308. The number of rotatable bonds is 6. The van der Waals surface area contributed by atoms with E-state index in [4.69, 9.17) is 10.5 Å². The molecule has 0 bridgehead atoms. The summed E-state index contributed by atoms with van der Waals surface area (Å²) in [5.41, 5.74) is 6.45. The number of anilines is 1. The molecule has 1 amide bonds. The molecule has 6 nitrogen and oxygen atoms in total. The normalized spacial score (nSPS) is 10.3. The lowest BCUT2D eigenvalue weighted by atomic mass is 10.3. The number of carbonyl (C=O) groups excluding carboxylic acids is 1. The van der Waals surface area contributed by atoms with Gasteiger partial charge in [0, 0.05) is 17.9 Å². The van der Waals surface area contributed by atoms with E-state index in [0.717, 1.165) is 5.01 Å². The first-order valence-electron chi connectivity index (χ1n) is 6.27. The minimum atomic E-state index is -0.254. The highest BCUT2D eigenvalue weighted by molar-refractivity contribution is 7.09. The maximum absolute atomic E-state index is 12.0. The van der Waals surface area contributed by atoms with E-state index in [-0.39, 0.29) is 5.91 Å². The first-order valence-corrected chi connectivity index (χ1v) is 7.15. The van der Waals surface area contributed by atoms with Crippen LogP contribution in [0.5, 0.6) is 5.88 Å². The lowest BCUT2D eigenvalue weighted by Gasteiger charge is -2.04. The van der Waals surface area contributed by atoms with Crippen LogP contribution in [0.3, 0.4) is 0 Å². The van der Waals surface area contributed by atoms with E-state index in [9.17, 15) is 4.79 Å². The van der Waals surface area contributed by atoms with Crippen molar-refractivity contribution in [2.45, 2.75) is 13.3 Å². The van der Waals surface area contributed by atoms with Gasteiger partial charge >= 0.3 is 0 Å². The van der Waals surface area contributed by atoms with Gasteiger partial charge in [-0.25, -0.2) is 9.97 Å². The van der Waals surface area contributed by atoms with Gasteiger partial charge in [-0.05, 0) is 19.5 Å². The van der Waals surface area contributed by atoms with Gasteiger partial charge in [0.25, 0.3) is 5.91 Å². The van der Waals surface area contributed by atoms with Crippen molar-refractivity contribution in [2.24, 2.45) is 5.73 Å². The quantitative estimate of drug-likeness (QED) is 0.845. The predicted octanol–water partition coefficient (Wildman–Crippen LogP) is 1.69. The summed E-state index contributed by atoms with van der Waals surface area (Å²) in [6, 6.07) is 3.45. The third-order valence-electron chi connectivity index (χ3n) is 2.43. The Bertz CT molecular complexity index is 568. The minimum absolute atomic E-state index is 0.254. The van der Waals surface area contributed by atoms with Crippen molar-refractivity contribution >= 4 is 22.9 Å². The first kappa shape index (κ1) is 14.4. The first-order chi connectivity index (χ1) is 9.72. The summed E-state index contributed by atoms with van der Waals surface area (Å²) < 4.78 is 5.23. The fourth-order valence-electron chi connectivity index (χ4n) is 1.54. The van der Waals surface area contributed by atoms with Crippen molar-refractivity contribution in [3.8, 4) is 5.88 Å². The van der Waals surface area contributed by atoms with Gasteiger partial charge in [0.1, 0.15) is 5.69 Å². The van der Waals surface area contributed by atoms with Crippen molar-refractivity contribution in [1.82, 2.24) is 9.97 Å². The molecular weight excluding hydrogens is 276 g/mol. The number of pyridine rings is 1. The lowest BCUT2D eigenvalue weighted by Crippen LogP contribution is -2.13. The second-order valence-corrected chi connectivity index (χ2v) is 4.88. The number of thiazole rings is 1. The largest absolute Gasteiger partial charge is 0.478 e. The van der Waals surface area contributed by atoms with Crippen molar-refractivity contribution in [2.75, 3.05) is 18.5 Å². The highest BCUT2D eigenvalue weighted by Crippen LogP contribution is 2.14. The zero-order valence-corrected chi connectivity index (χ0v) is 11.9. The third kappa shape index (κ3) is 3.75. The molecule has 106 valence electrons. The van der Waals surface area contributed by atoms with Gasteiger partial charge < -0.3 is 15.8 Å². The molecule has 0 spiro atoms. The summed E-state index contributed by atoms with van der Waals surface area (Å²) in [4.78, 5) is 20.3. The molecule has 0 aromatic carbocycles. The Balaban J connectivity index is 1.99.